The molecule has 3 aromatic carbocycles. The molecule has 2 heteroatoms. The maximum Gasteiger partial charge on any atom is 0.225 e. The fourth-order valence-electron chi connectivity index (χ4n) is 3.41. The zero-order valence-electron chi connectivity index (χ0n) is 15.9. The van der Waals surface area contributed by atoms with E-state index in [1.54, 1.807) is 19.0 Å². The van der Waals surface area contributed by atoms with Crippen LogP contribution in [0.2, 0.25) is 0 Å². The van der Waals surface area contributed by atoms with Crippen molar-refractivity contribution in [3.05, 3.63) is 120 Å². The summed E-state index contributed by atoms with van der Waals surface area (Å²) >= 11 is 0. The molecule has 2 nitrogen and oxygen atoms in total. The summed E-state index contributed by atoms with van der Waals surface area (Å²) in [5.41, 5.74) is 3.08. The molecule has 27 heavy (non-hydrogen) atoms. The lowest BCUT2D eigenvalue weighted by atomic mass is 9.69. The largest absolute Gasteiger partial charge is 0.349 e. The van der Waals surface area contributed by atoms with E-state index in [2.05, 4.69) is 78.9 Å². The van der Waals surface area contributed by atoms with Gasteiger partial charge in [-0.25, -0.2) is 0 Å². The average Bonchev–Trinajstić information content (AvgIpc) is 2.73. The minimum atomic E-state index is -0.448. The Hall–Kier alpha value is -3.13. The minimum Gasteiger partial charge on any atom is -0.349 e. The van der Waals surface area contributed by atoms with Gasteiger partial charge in [0.15, 0.2) is 0 Å². The van der Waals surface area contributed by atoms with Crippen molar-refractivity contribution in [1.82, 2.24) is 4.90 Å². The molecule has 0 spiro atoms. The van der Waals surface area contributed by atoms with Gasteiger partial charge in [0.2, 0.25) is 5.91 Å². The van der Waals surface area contributed by atoms with Crippen LogP contribution in [0.15, 0.2) is 103 Å². The molecule has 136 valence electrons. The maximum atomic E-state index is 12.1. The SMILES string of the molecule is CN(C)C(=O)C/C=C/C(c1ccccc1)(c1ccccc1)c1ccccc1. The second kappa shape index (κ2) is 8.50. The van der Waals surface area contributed by atoms with E-state index in [4.69, 9.17) is 0 Å². The molecule has 0 radical (unpaired) electrons. The van der Waals surface area contributed by atoms with Crippen molar-refractivity contribution in [1.29, 1.82) is 0 Å². The van der Waals surface area contributed by atoms with Crippen LogP contribution in [0, 0.1) is 0 Å². The van der Waals surface area contributed by atoms with Gasteiger partial charge in [0.05, 0.1) is 5.41 Å². The number of hydrogen-bond acceptors (Lipinski definition) is 1. The highest BCUT2D eigenvalue weighted by Crippen LogP contribution is 2.40. The third-order valence-electron chi connectivity index (χ3n) is 4.85. The topological polar surface area (TPSA) is 20.3 Å². The van der Waals surface area contributed by atoms with Crippen LogP contribution >= 0.6 is 0 Å². The number of allylic oxidation sites excluding steroid dienone is 1. The molecule has 3 rings (SSSR count). The predicted octanol–water partition coefficient (Wildman–Crippen LogP) is 5.06. The van der Waals surface area contributed by atoms with E-state index in [9.17, 15) is 4.79 Å². The van der Waals surface area contributed by atoms with E-state index in [1.807, 2.05) is 24.3 Å². The Morgan fingerprint density at radius 2 is 1.11 bits per heavy atom. The first-order chi connectivity index (χ1) is 13.1. The third-order valence-corrected chi connectivity index (χ3v) is 4.85. The molecule has 0 aliphatic heterocycles. The molecule has 0 saturated carbocycles. The summed E-state index contributed by atoms with van der Waals surface area (Å²) in [4.78, 5) is 13.7. The van der Waals surface area contributed by atoms with Crippen LogP contribution in [0.25, 0.3) is 0 Å². The molecule has 0 aromatic heterocycles. The van der Waals surface area contributed by atoms with Gasteiger partial charge >= 0.3 is 0 Å². The summed E-state index contributed by atoms with van der Waals surface area (Å²) < 4.78 is 0. The number of amides is 1. The van der Waals surface area contributed by atoms with E-state index in [0.717, 1.165) is 0 Å². The average molecular weight is 355 g/mol. The van der Waals surface area contributed by atoms with Crippen LogP contribution in [0.1, 0.15) is 23.1 Å². The van der Waals surface area contributed by atoms with E-state index in [1.165, 1.54) is 16.7 Å². The number of carbonyl (C=O) groups excluding carboxylic acids is 1. The monoisotopic (exact) mass is 355 g/mol. The van der Waals surface area contributed by atoms with Crippen LogP contribution in [-0.4, -0.2) is 24.9 Å². The lowest BCUT2D eigenvalue weighted by molar-refractivity contribution is -0.127. The second-order valence-electron chi connectivity index (χ2n) is 6.80. The van der Waals surface area contributed by atoms with Crippen LogP contribution in [0.5, 0.6) is 0 Å². The molecular formula is C25H25NO. The summed E-state index contributed by atoms with van der Waals surface area (Å²) in [5.74, 6) is 0.0920. The number of rotatable bonds is 6. The van der Waals surface area contributed by atoms with Gasteiger partial charge in [-0.15, -0.1) is 0 Å². The number of hydrogen-bond donors (Lipinski definition) is 0. The molecule has 0 N–H and O–H groups in total. The summed E-state index contributed by atoms with van der Waals surface area (Å²) in [6, 6.07) is 31.4. The standard InChI is InChI=1S/C25H25NO/c1-26(2)24(27)19-12-20-25(21-13-6-3-7-14-21,22-15-8-4-9-16-22)23-17-10-5-11-18-23/h3-18,20H,19H2,1-2H3/b20-12+. The van der Waals surface area contributed by atoms with E-state index in [0.29, 0.717) is 6.42 Å². The van der Waals surface area contributed by atoms with Crippen molar-refractivity contribution in [3.63, 3.8) is 0 Å². The van der Waals surface area contributed by atoms with Crippen LogP contribution in [-0.2, 0) is 10.2 Å². The Morgan fingerprint density at radius 1 is 0.741 bits per heavy atom. The van der Waals surface area contributed by atoms with Crippen LogP contribution < -0.4 is 0 Å². The number of carbonyl (C=O) groups is 1. The molecule has 0 unspecified atom stereocenters. The van der Waals surface area contributed by atoms with Crippen LogP contribution in [0.4, 0.5) is 0 Å². The van der Waals surface area contributed by atoms with Gasteiger partial charge in [-0.05, 0) is 16.7 Å². The minimum absolute atomic E-state index is 0.0920. The number of nitrogens with zero attached hydrogens (tertiary/aromatic N) is 1. The van der Waals surface area contributed by atoms with Gasteiger partial charge in [0, 0.05) is 20.5 Å². The van der Waals surface area contributed by atoms with Crippen molar-refractivity contribution >= 4 is 5.91 Å². The van der Waals surface area contributed by atoms with Gasteiger partial charge in [-0.2, -0.15) is 0 Å². The summed E-state index contributed by atoms with van der Waals surface area (Å²) in [6.07, 6.45) is 4.55. The highest BCUT2D eigenvalue weighted by atomic mass is 16.2. The summed E-state index contributed by atoms with van der Waals surface area (Å²) in [7, 11) is 3.57. The fourth-order valence-corrected chi connectivity index (χ4v) is 3.41. The number of benzene rings is 3. The molecule has 3 aromatic rings. The molecule has 0 aliphatic rings. The van der Waals surface area contributed by atoms with Gasteiger partial charge in [-0.1, -0.05) is 103 Å². The summed E-state index contributed by atoms with van der Waals surface area (Å²) in [5, 5.41) is 0. The van der Waals surface area contributed by atoms with E-state index >= 15 is 0 Å². The van der Waals surface area contributed by atoms with Gasteiger partial charge in [-0.3, -0.25) is 4.79 Å². The lowest BCUT2D eigenvalue weighted by Gasteiger charge is -2.33. The first kappa shape index (κ1) is 18.7. The third kappa shape index (κ3) is 4.01. The van der Waals surface area contributed by atoms with Gasteiger partial charge < -0.3 is 4.90 Å². The first-order valence-corrected chi connectivity index (χ1v) is 9.19. The molecule has 0 aliphatic carbocycles. The van der Waals surface area contributed by atoms with Gasteiger partial charge in [0.1, 0.15) is 0 Å². The molecule has 0 atom stereocenters. The Morgan fingerprint density at radius 3 is 1.44 bits per heavy atom. The fraction of sp³-hybridized carbons (Fsp3) is 0.160. The summed E-state index contributed by atoms with van der Waals surface area (Å²) in [6.45, 7) is 0. The first-order valence-electron chi connectivity index (χ1n) is 9.19. The Kier molecular flexibility index (Phi) is 5.87. The lowest BCUT2D eigenvalue weighted by Crippen LogP contribution is -2.27. The quantitative estimate of drug-likeness (QED) is 0.447. The zero-order chi connectivity index (χ0) is 19.1. The maximum absolute atomic E-state index is 12.1. The smallest absolute Gasteiger partial charge is 0.225 e. The van der Waals surface area contributed by atoms with Crippen molar-refractivity contribution < 1.29 is 4.79 Å². The zero-order valence-corrected chi connectivity index (χ0v) is 15.9. The Labute approximate surface area is 161 Å². The highest BCUT2D eigenvalue weighted by molar-refractivity contribution is 5.77. The van der Waals surface area contributed by atoms with Crippen molar-refractivity contribution in [2.45, 2.75) is 11.8 Å². The van der Waals surface area contributed by atoms with Crippen molar-refractivity contribution in [3.8, 4) is 0 Å². The van der Waals surface area contributed by atoms with Crippen LogP contribution in [0.3, 0.4) is 0 Å². The normalized spacial score (nSPS) is 11.5. The van der Waals surface area contributed by atoms with Gasteiger partial charge in [0.25, 0.3) is 0 Å². The molecule has 0 heterocycles. The molecule has 1 amide bonds. The molecule has 0 bridgehead atoms. The Balaban J connectivity index is 2.20. The molecule has 0 fully saturated rings. The second-order valence-corrected chi connectivity index (χ2v) is 6.80. The Bertz CT molecular complexity index is 787. The molecular weight excluding hydrogens is 330 g/mol. The highest BCUT2D eigenvalue weighted by Gasteiger charge is 2.33. The van der Waals surface area contributed by atoms with Crippen molar-refractivity contribution in [2.75, 3.05) is 14.1 Å². The van der Waals surface area contributed by atoms with E-state index in [-0.39, 0.29) is 5.91 Å². The predicted molar refractivity (Wildman–Crippen MR) is 112 cm³/mol. The molecule has 0 saturated heterocycles. The van der Waals surface area contributed by atoms with Crippen molar-refractivity contribution in [2.24, 2.45) is 0 Å². The van der Waals surface area contributed by atoms with E-state index < -0.39 is 5.41 Å².